The molecule has 3 aromatic carbocycles. The summed E-state index contributed by atoms with van der Waals surface area (Å²) in [5, 5.41) is 8.15. The lowest BCUT2D eigenvalue weighted by Gasteiger charge is -2.24. The Hall–Kier alpha value is -4.32. The predicted octanol–water partition coefficient (Wildman–Crippen LogP) is 7.51. The Bertz CT molecular complexity index is 1640. The Morgan fingerprint density at radius 3 is 2.48 bits per heavy atom. The maximum absolute atomic E-state index is 12.9. The zero-order valence-corrected chi connectivity index (χ0v) is 25.6. The van der Waals surface area contributed by atoms with Crippen molar-refractivity contribution < 1.29 is 22.7 Å². The number of anilines is 1. The van der Waals surface area contributed by atoms with E-state index in [1.54, 1.807) is 11.8 Å². The molecule has 8 nitrogen and oxygen atoms in total. The van der Waals surface area contributed by atoms with Gasteiger partial charge in [-0.25, -0.2) is 14.5 Å². The molecule has 1 N–H and O–H groups in total. The van der Waals surface area contributed by atoms with Crippen molar-refractivity contribution in [3.63, 3.8) is 0 Å². The van der Waals surface area contributed by atoms with E-state index in [1.165, 1.54) is 46.4 Å². The fourth-order valence-corrected chi connectivity index (χ4v) is 5.89. The standard InChI is InChI=1S/C32H33F3N6O2S/c1-20(2)27-14-5-21(3)17-28(27)40-15-16-44-31(40)38-30(42)37-22(4)18-23-6-8-24(9-7-23)29-36-19-41(39-29)25-10-12-26(13-11-25)43-32(33,34)35/h5-14,17,19-20,22H,15-16,18H2,1-4H3,(H,37,42)/b38-31-. The average Bonchev–Trinajstić information content (AvgIpc) is 3.63. The van der Waals surface area contributed by atoms with Crippen LogP contribution in [0.25, 0.3) is 17.1 Å². The number of thioether (sulfide) groups is 1. The zero-order chi connectivity index (χ0) is 31.4. The van der Waals surface area contributed by atoms with Crippen molar-refractivity contribution in [2.45, 2.75) is 52.4 Å². The topological polar surface area (TPSA) is 84.6 Å². The average molecular weight is 623 g/mol. The van der Waals surface area contributed by atoms with E-state index in [9.17, 15) is 18.0 Å². The second kappa shape index (κ2) is 13.1. The first kappa shape index (κ1) is 31.1. The largest absolute Gasteiger partial charge is 0.573 e. The van der Waals surface area contributed by atoms with E-state index in [0.717, 1.165) is 29.1 Å². The number of carbonyl (C=O) groups is 1. The van der Waals surface area contributed by atoms with Crippen LogP contribution in [-0.2, 0) is 6.42 Å². The highest BCUT2D eigenvalue weighted by atomic mass is 32.2. The third kappa shape index (κ3) is 7.79. The quantitative estimate of drug-likeness (QED) is 0.219. The van der Waals surface area contributed by atoms with Gasteiger partial charge >= 0.3 is 12.4 Å². The number of nitrogens with zero attached hydrogens (tertiary/aromatic N) is 5. The van der Waals surface area contributed by atoms with Crippen LogP contribution >= 0.6 is 11.8 Å². The molecule has 4 aromatic rings. The molecule has 1 unspecified atom stereocenters. The van der Waals surface area contributed by atoms with E-state index >= 15 is 0 Å². The summed E-state index contributed by atoms with van der Waals surface area (Å²) in [4.78, 5) is 23.8. The molecular formula is C32H33F3N6O2S. The van der Waals surface area contributed by atoms with Crippen LogP contribution in [-0.4, -0.2) is 50.7 Å². The van der Waals surface area contributed by atoms with Crippen molar-refractivity contribution in [2.24, 2.45) is 4.99 Å². The van der Waals surface area contributed by atoms with Crippen LogP contribution in [0.1, 0.15) is 43.4 Å². The molecule has 2 heterocycles. The Morgan fingerprint density at radius 1 is 1.07 bits per heavy atom. The highest BCUT2D eigenvalue weighted by Crippen LogP contribution is 2.33. The summed E-state index contributed by atoms with van der Waals surface area (Å²) < 4.78 is 42.6. The molecule has 1 atom stereocenters. The molecule has 0 radical (unpaired) electrons. The van der Waals surface area contributed by atoms with Crippen molar-refractivity contribution >= 4 is 28.6 Å². The first-order valence-electron chi connectivity index (χ1n) is 14.2. The SMILES string of the molecule is Cc1ccc(C(C)C)c(N2CCS/C2=N\C(=O)NC(C)Cc2ccc(-c3ncn(-c4ccc(OC(F)(F)F)cc4)n3)cc2)c1. The van der Waals surface area contributed by atoms with Crippen molar-refractivity contribution in [2.75, 3.05) is 17.2 Å². The molecule has 1 aliphatic rings. The van der Waals surface area contributed by atoms with Gasteiger partial charge < -0.3 is 15.0 Å². The summed E-state index contributed by atoms with van der Waals surface area (Å²) in [7, 11) is 0. The highest BCUT2D eigenvalue weighted by molar-refractivity contribution is 8.14. The lowest BCUT2D eigenvalue weighted by Crippen LogP contribution is -2.34. The number of hydrogen-bond acceptors (Lipinski definition) is 5. The first-order valence-corrected chi connectivity index (χ1v) is 15.2. The summed E-state index contributed by atoms with van der Waals surface area (Å²) in [6.07, 6.45) is -2.64. The maximum atomic E-state index is 12.9. The minimum atomic E-state index is -4.75. The number of hydrogen-bond donors (Lipinski definition) is 1. The third-order valence-corrected chi connectivity index (χ3v) is 7.98. The van der Waals surface area contributed by atoms with E-state index in [0.29, 0.717) is 29.0 Å². The van der Waals surface area contributed by atoms with Crippen LogP contribution in [0.2, 0.25) is 0 Å². The lowest BCUT2D eigenvalue weighted by molar-refractivity contribution is -0.274. The Balaban J connectivity index is 1.19. The highest BCUT2D eigenvalue weighted by Gasteiger charge is 2.31. The molecule has 1 fully saturated rings. The Kier molecular flexibility index (Phi) is 9.28. The van der Waals surface area contributed by atoms with Gasteiger partial charge in [0.1, 0.15) is 12.1 Å². The summed E-state index contributed by atoms with van der Waals surface area (Å²) in [5.74, 6) is 1.39. The molecule has 12 heteroatoms. The molecule has 1 saturated heterocycles. The number of benzene rings is 3. The van der Waals surface area contributed by atoms with Gasteiger partial charge in [0, 0.05) is 29.6 Å². The lowest BCUT2D eigenvalue weighted by atomic mass is 9.99. The number of aryl methyl sites for hydroxylation is 1. The van der Waals surface area contributed by atoms with E-state index in [2.05, 4.69) is 69.0 Å². The molecule has 0 aliphatic carbocycles. The number of rotatable bonds is 8. The molecule has 5 rings (SSSR count). The fraction of sp³-hybridized carbons (Fsp3) is 0.312. The number of urea groups is 1. The van der Waals surface area contributed by atoms with Crippen molar-refractivity contribution in [3.8, 4) is 22.8 Å². The van der Waals surface area contributed by atoms with Crippen molar-refractivity contribution in [1.82, 2.24) is 20.1 Å². The molecular weight excluding hydrogens is 589 g/mol. The summed E-state index contributed by atoms with van der Waals surface area (Å²) in [6, 6.07) is 19.0. The van der Waals surface area contributed by atoms with Crippen LogP contribution in [0.4, 0.5) is 23.7 Å². The maximum Gasteiger partial charge on any atom is 0.573 e. The minimum Gasteiger partial charge on any atom is -0.406 e. The van der Waals surface area contributed by atoms with Crippen molar-refractivity contribution in [1.29, 1.82) is 0 Å². The van der Waals surface area contributed by atoms with Gasteiger partial charge in [0.2, 0.25) is 0 Å². The number of aliphatic imine (C=N–C) groups is 1. The van der Waals surface area contributed by atoms with Gasteiger partial charge in [0.25, 0.3) is 0 Å². The summed E-state index contributed by atoms with van der Waals surface area (Å²) in [5.41, 5.74) is 5.86. The first-order chi connectivity index (χ1) is 20.9. The third-order valence-electron chi connectivity index (χ3n) is 7.02. The monoisotopic (exact) mass is 622 g/mol. The van der Waals surface area contributed by atoms with Gasteiger partial charge in [0.05, 0.1) is 5.69 Å². The number of aromatic nitrogens is 3. The van der Waals surface area contributed by atoms with Gasteiger partial charge in [-0.3, -0.25) is 0 Å². The summed E-state index contributed by atoms with van der Waals surface area (Å²) in [6.45, 7) is 9.15. The molecule has 0 bridgehead atoms. The van der Waals surface area contributed by atoms with Gasteiger partial charge in [-0.05, 0) is 73.2 Å². The second-order valence-electron chi connectivity index (χ2n) is 10.9. The number of nitrogens with one attached hydrogen (secondary N) is 1. The Morgan fingerprint density at radius 2 is 1.80 bits per heavy atom. The molecule has 1 aromatic heterocycles. The molecule has 1 aliphatic heterocycles. The van der Waals surface area contributed by atoms with E-state index in [-0.39, 0.29) is 17.8 Å². The molecule has 230 valence electrons. The van der Waals surface area contributed by atoms with Crippen LogP contribution in [0.3, 0.4) is 0 Å². The van der Waals surface area contributed by atoms with Gasteiger partial charge in [0.15, 0.2) is 11.0 Å². The second-order valence-corrected chi connectivity index (χ2v) is 12.0. The van der Waals surface area contributed by atoms with Gasteiger partial charge in [-0.2, -0.15) is 4.99 Å². The van der Waals surface area contributed by atoms with Gasteiger partial charge in [-0.15, -0.1) is 18.3 Å². The normalized spacial score (nSPS) is 15.2. The van der Waals surface area contributed by atoms with Crippen LogP contribution < -0.4 is 15.0 Å². The number of ether oxygens (including phenoxy) is 1. The Labute approximate surface area is 258 Å². The minimum absolute atomic E-state index is 0.149. The van der Waals surface area contributed by atoms with Crippen LogP contribution in [0.5, 0.6) is 5.75 Å². The number of carbonyl (C=O) groups excluding carboxylic acids is 1. The molecule has 44 heavy (non-hydrogen) atoms. The van der Waals surface area contributed by atoms with Crippen LogP contribution in [0.15, 0.2) is 78.0 Å². The van der Waals surface area contributed by atoms with Crippen LogP contribution in [0, 0.1) is 6.92 Å². The van der Waals surface area contributed by atoms with Crippen molar-refractivity contribution in [3.05, 3.63) is 89.7 Å². The number of alkyl halides is 3. The predicted molar refractivity (Wildman–Crippen MR) is 168 cm³/mol. The van der Waals surface area contributed by atoms with E-state index < -0.39 is 6.36 Å². The number of halogens is 3. The van der Waals surface area contributed by atoms with Gasteiger partial charge in [-0.1, -0.05) is 62.0 Å². The zero-order valence-electron chi connectivity index (χ0n) is 24.8. The smallest absolute Gasteiger partial charge is 0.406 e. The van der Waals surface area contributed by atoms with E-state index in [1.807, 2.05) is 31.2 Å². The number of amidine groups is 1. The summed E-state index contributed by atoms with van der Waals surface area (Å²) >= 11 is 1.59. The molecule has 0 saturated carbocycles. The fourth-order valence-electron chi connectivity index (χ4n) is 4.94. The number of amides is 2. The molecule has 2 amide bonds. The van der Waals surface area contributed by atoms with E-state index in [4.69, 9.17) is 0 Å². The molecule has 0 spiro atoms.